The zero-order valence-corrected chi connectivity index (χ0v) is 8.01. The Morgan fingerprint density at radius 2 is 1.82 bits per heavy atom. The van der Waals surface area contributed by atoms with Crippen LogP contribution in [0.3, 0.4) is 0 Å². The van der Waals surface area contributed by atoms with Gasteiger partial charge in [-0.3, -0.25) is 0 Å². The molecule has 64 valence electrons. The van der Waals surface area contributed by atoms with Crippen molar-refractivity contribution in [3.63, 3.8) is 0 Å². The highest BCUT2D eigenvalue weighted by atomic mass is 31.2. The molecule has 0 radical (unpaired) electrons. The van der Waals surface area contributed by atoms with Crippen LogP contribution in [0.4, 0.5) is 0 Å². The highest BCUT2D eigenvalue weighted by Gasteiger charge is 2.01. The van der Waals surface area contributed by atoms with Crippen molar-refractivity contribution in [2.75, 3.05) is 13.2 Å². The fourth-order valence-corrected chi connectivity index (χ4v) is 1.53. The van der Waals surface area contributed by atoms with E-state index in [0.29, 0.717) is 13.2 Å². The Kier molecular flexibility index (Phi) is 7.81. The smallest absolute Gasteiger partial charge is 0.197 e. The Bertz CT molecular complexity index is 117. The van der Waals surface area contributed by atoms with Crippen molar-refractivity contribution in [1.29, 1.82) is 0 Å². The third kappa shape index (κ3) is 6.24. The van der Waals surface area contributed by atoms with Crippen LogP contribution in [0.2, 0.25) is 0 Å². The lowest BCUT2D eigenvalue weighted by atomic mass is 10.6. The normalized spacial score (nSPS) is 11.2. The number of hydrogen-bond donors (Lipinski definition) is 0. The first-order valence-electron chi connectivity index (χ1n) is 3.69. The molecule has 0 unspecified atom stereocenters. The van der Waals surface area contributed by atoms with Gasteiger partial charge >= 0.3 is 0 Å². The van der Waals surface area contributed by atoms with Crippen molar-refractivity contribution < 1.29 is 9.05 Å². The van der Waals surface area contributed by atoms with E-state index in [1.165, 1.54) is 0 Å². The first-order chi connectivity index (χ1) is 5.35. The van der Waals surface area contributed by atoms with Gasteiger partial charge in [0.2, 0.25) is 0 Å². The standard InChI is InChI=1S/C8H15O2P/c1-4-7-8-11(9-5-2)10-6-3/h4,7-8H,1,5-6H2,2-3H3/b8-7+. The molecule has 0 aromatic carbocycles. The van der Waals surface area contributed by atoms with Crippen LogP contribution >= 0.6 is 8.38 Å². The molecule has 3 heteroatoms. The lowest BCUT2D eigenvalue weighted by molar-refractivity contribution is 0.276. The molecule has 0 amide bonds. The van der Waals surface area contributed by atoms with Crippen LogP contribution in [-0.4, -0.2) is 13.2 Å². The van der Waals surface area contributed by atoms with Crippen molar-refractivity contribution in [3.8, 4) is 0 Å². The first kappa shape index (κ1) is 10.8. The van der Waals surface area contributed by atoms with Gasteiger partial charge in [-0.05, 0) is 19.7 Å². The first-order valence-corrected chi connectivity index (χ1v) is 4.94. The number of hydrogen-bond acceptors (Lipinski definition) is 2. The fourth-order valence-electron chi connectivity index (χ4n) is 0.509. The molecule has 0 heterocycles. The summed E-state index contributed by atoms with van der Waals surface area (Å²) in [5.74, 6) is 1.90. The predicted molar refractivity (Wildman–Crippen MR) is 49.5 cm³/mol. The minimum atomic E-state index is -0.819. The van der Waals surface area contributed by atoms with Crippen LogP contribution in [-0.2, 0) is 9.05 Å². The van der Waals surface area contributed by atoms with Gasteiger partial charge in [-0.1, -0.05) is 18.7 Å². The van der Waals surface area contributed by atoms with E-state index in [4.69, 9.17) is 9.05 Å². The topological polar surface area (TPSA) is 18.5 Å². The van der Waals surface area contributed by atoms with E-state index in [9.17, 15) is 0 Å². The third-order valence-electron chi connectivity index (χ3n) is 0.857. The van der Waals surface area contributed by atoms with Crippen LogP contribution < -0.4 is 0 Å². The molecule has 0 aromatic rings. The molecule has 0 aliphatic carbocycles. The van der Waals surface area contributed by atoms with Gasteiger partial charge < -0.3 is 9.05 Å². The molecule has 0 atom stereocenters. The van der Waals surface area contributed by atoms with Crippen molar-refractivity contribution in [1.82, 2.24) is 0 Å². The lowest BCUT2D eigenvalue weighted by Crippen LogP contribution is -1.86. The molecule has 0 aromatic heterocycles. The Balaban J connectivity index is 3.67. The van der Waals surface area contributed by atoms with Gasteiger partial charge in [0.25, 0.3) is 0 Å². The second kappa shape index (κ2) is 7.93. The molecule has 0 aliphatic rings. The summed E-state index contributed by atoms with van der Waals surface area (Å²) in [5, 5.41) is 0. The predicted octanol–water partition coefficient (Wildman–Crippen LogP) is 3.07. The van der Waals surface area contributed by atoms with Gasteiger partial charge in [-0.15, -0.1) is 0 Å². The van der Waals surface area contributed by atoms with E-state index < -0.39 is 8.38 Å². The van der Waals surface area contributed by atoms with E-state index >= 15 is 0 Å². The average molecular weight is 174 g/mol. The van der Waals surface area contributed by atoms with E-state index in [0.717, 1.165) is 0 Å². The van der Waals surface area contributed by atoms with E-state index in [-0.39, 0.29) is 0 Å². The molecule has 0 spiro atoms. The van der Waals surface area contributed by atoms with Gasteiger partial charge in [0.05, 0.1) is 13.2 Å². The minimum absolute atomic E-state index is 0.688. The molecule has 0 bridgehead atoms. The summed E-state index contributed by atoms with van der Waals surface area (Å²) in [7, 11) is -0.819. The molecule has 2 nitrogen and oxygen atoms in total. The molecule has 0 fully saturated rings. The van der Waals surface area contributed by atoms with Crippen LogP contribution in [0.15, 0.2) is 24.5 Å². The van der Waals surface area contributed by atoms with Gasteiger partial charge in [0, 0.05) is 0 Å². The van der Waals surface area contributed by atoms with Crippen molar-refractivity contribution in [3.05, 3.63) is 24.5 Å². The summed E-state index contributed by atoms with van der Waals surface area (Å²) < 4.78 is 10.6. The average Bonchev–Trinajstić information content (AvgIpc) is 2.01. The summed E-state index contributed by atoms with van der Waals surface area (Å²) >= 11 is 0. The molecule has 0 rings (SSSR count). The highest BCUT2D eigenvalue weighted by Crippen LogP contribution is 2.39. The zero-order chi connectivity index (χ0) is 8.53. The fraction of sp³-hybridized carbons (Fsp3) is 0.500. The number of rotatable bonds is 6. The van der Waals surface area contributed by atoms with Gasteiger partial charge in [0.15, 0.2) is 8.38 Å². The van der Waals surface area contributed by atoms with Crippen LogP contribution in [0, 0.1) is 0 Å². The second-order valence-corrected chi connectivity index (χ2v) is 3.08. The van der Waals surface area contributed by atoms with Crippen molar-refractivity contribution in [2.24, 2.45) is 0 Å². The maximum Gasteiger partial charge on any atom is 0.197 e. The van der Waals surface area contributed by atoms with Gasteiger partial charge in [-0.25, -0.2) is 0 Å². The molecule has 0 aliphatic heterocycles. The lowest BCUT2D eigenvalue weighted by Gasteiger charge is -2.09. The van der Waals surface area contributed by atoms with E-state index in [1.54, 1.807) is 6.08 Å². The Labute approximate surface area is 69.8 Å². The second-order valence-electron chi connectivity index (χ2n) is 1.70. The molecular formula is C8H15O2P. The van der Waals surface area contributed by atoms with Crippen LogP contribution in [0.5, 0.6) is 0 Å². The van der Waals surface area contributed by atoms with Gasteiger partial charge in [0.1, 0.15) is 0 Å². The summed E-state index contributed by atoms with van der Waals surface area (Å²) in [5.41, 5.74) is 0. The quantitative estimate of drug-likeness (QED) is 0.455. The minimum Gasteiger partial charge on any atom is -0.331 e. The SMILES string of the molecule is C=C/C=C/P(OCC)OCC. The molecule has 0 saturated carbocycles. The zero-order valence-electron chi connectivity index (χ0n) is 7.12. The monoisotopic (exact) mass is 174 g/mol. The molecule has 0 N–H and O–H groups in total. The van der Waals surface area contributed by atoms with E-state index in [1.807, 2.05) is 25.7 Å². The largest absolute Gasteiger partial charge is 0.331 e. The van der Waals surface area contributed by atoms with Crippen LogP contribution in [0.1, 0.15) is 13.8 Å². The van der Waals surface area contributed by atoms with Crippen molar-refractivity contribution >= 4 is 8.38 Å². The molecule has 0 saturated heterocycles. The van der Waals surface area contributed by atoms with E-state index in [2.05, 4.69) is 6.58 Å². The van der Waals surface area contributed by atoms with Crippen LogP contribution in [0.25, 0.3) is 0 Å². The number of allylic oxidation sites excluding steroid dienone is 2. The Morgan fingerprint density at radius 1 is 1.27 bits per heavy atom. The van der Waals surface area contributed by atoms with Gasteiger partial charge in [-0.2, -0.15) is 0 Å². The summed E-state index contributed by atoms with van der Waals surface area (Å²) in [6.45, 7) is 8.85. The maximum atomic E-state index is 5.29. The highest BCUT2D eigenvalue weighted by molar-refractivity contribution is 7.50. The Morgan fingerprint density at radius 3 is 2.18 bits per heavy atom. The summed E-state index contributed by atoms with van der Waals surface area (Å²) in [6.07, 6.45) is 3.56. The summed E-state index contributed by atoms with van der Waals surface area (Å²) in [6, 6.07) is 0. The molecule has 11 heavy (non-hydrogen) atoms. The van der Waals surface area contributed by atoms with Crippen molar-refractivity contribution in [2.45, 2.75) is 13.8 Å². The molecular weight excluding hydrogens is 159 g/mol. The summed E-state index contributed by atoms with van der Waals surface area (Å²) in [4.78, 5) is 0. The maximum absolute atomic E-state index is 5.29. The Hall–Kier alpha value is -0.170. The third-order valence-corrected chi connectivity index (χ3v) is 2.30.